The maximum Gasteiger partial charge on any atom is 0.226 e. The second-order valence-corrected chi connectivity index (χ2v) is 9.92. The van der Waals surface area contributed by atoms with Gasteiger partial charge in [-0.2, -0.15) is 9.97 Å². The second kappa shape index (κ2) is 12.4. The zero-order valence-electron chi connectivity index (χ0n) is 22.1. The van der Waals surface area contributed by atoms with Crippen molar-refractivity contribution in [1.82, 2.24) is 25.2 Å². The first kappa shape index (κ1) is 26.1. The van der Waals surface area contributed by atoms with Gasteiger partial charge in [0.25, 0.3) is 0 Å². The Bertz CT molecular complexity index is 1200. The van der Waals surface area contributed by atoms with Crippen molar-refractivity contribution in [3.63, 3.8) is 0 Å². The summed E-state index contributed by atoms with van der Waals surface area (Å²) in [5, 5.41) is 8.29. The van der Waals surface area contributed by atoms with E-state index in [1.165, 1.54) is 0 Å². The lowest BCUT2D eigenvalue weighted by Crippen LogP contribution is -2.40. The van der Waals surface area contributed by atoms with Gasteiger partial charge in [-0.05, 0) is 56.2 Å². The summed E-state index contributed by atoms with van der Waals surface area (Å²) in [4.78, 5) is 24.0. The van der Waals surface area contributed by atoms with Crippen molar-refractivity contribution in [3.8, 4) is 22.9 Å². The van der Waals surface area contributed by atoms with Gasteiger partial charge in [-0.3, -0.25) is 4.79 Å². The molecule has 3 aromatic rings. The Morgan fingerprint density at radius 3 is 2.66 bits per heavy atom. The number of rotatable bonds is 10. The summed E-state index contributed by atoms with van der Waals surface area (Å²) in [5.74, 6) is 4.49. The van der Waals surface area contributed by atoms with Gasteiger partial charge in [0.05, 0.1) is 14.2 Å². The summed E-state index contributed by atoms with van der Waals surface area (Å²) >= 11 is 0. The van der Waals surface area contributed by atoms with Crippen LogP contribution in [-0.2, 0) is 22.4 Å². The molecule has 11 nitrogen and oxygen atoms in total. The third-order valence-electron chi connectivity index (χ3n) is 7.30. The predicted octanol–water partition coefficient (Wildman–Crippen LogP) is 3.83. The molecule has 0 saturated carbocycles. The molecule has 2 fully saturated rings. The number of ether oxygens (including phenoxy) is 3. The molecule has 38 heavy (non-hydrogen) atoms. The number of aromatic nitrogens is 4. The van der Waals surface area contributed by atoms with Crippen LogP contribution in [0.4, 0.5) is 0 Å². The standard InChI is InChI=1S/C27H35N5O6/c1-34-21-9-8-20(16-22(21)35-2)27-28-23(37-31-27)6-3-7-25(33)32-12-4-5-18(17-32)15-24-29-26(30-38-24)19-10-13-36-14-11-19/h8-9,16,18-19H,3-7,10-15,17H2,1-2H3. The highest BCUT2D eigenvalue weighted by atomic mass is 16.5. The van der Waals surface area contributed by atoms with Crippen molar-refractivity contribution in [2.45, 2.75) is 57.3 Å². The van der Waals surface area contributed by atoms with Gasteiger partial charge in [0.1, 0.15) is 0 Å². The maximum atomic E-state index is 12.9. The van der Waals surface area contributed by atoms with Crippen LogP contribution < -0.4 is 9.47 Å². The number of amides is 1. The highest BCUT2D eigenvalue weighted by Crippen LogP contribution is 2.31. The first-order valence-corrected chi connectivity index (χ1v) is 13.4. The SMILES string of the molecule is COc1ccc(-c2noc(CCCC(=O)N3CCCC(Cc4nc(C5CCOCC5)no4)C3)n2)cc1OC. The number of benzene rings is 1. The molecule has 0 bridgehead atoms. The molecule has 5 rings (SSSR count). The minimum Gasteiger partial charge on any atom is -0.493 e. The van der Waals surface area contributed by atoms with E-state index in [4.69, 9.17) is 23.3 Å². The van der Waals surface area contributed by atoms with E-state index in [0.29, 0.717) is 66.6 Å². The molecule has 0 N–H and O–H groups in total. The summed E-state index contributed by atoms with van der Waals surface area (Å²) in [7, 11) is 3.17. The van der Waals surface area contributed by atoms with Crippen molar-refractivity contribution in [1.29, 1.82) is 0 Å². The lowest BCUT2D eigenvalue weighted by Gasteiger charge is -2.32. The lowest BCUT2D eigenvalue weighted by atomic mass is 9.94. The number of piperidine rings is 1. The molecule has 0 spiro atoms. The van der Waals surface area contributed by atoms with E-state index in [0.717, 1.165) is 63.4 Å². The second-order valence-electron chi connectivity index (χ2n) is 9.92. The molecule has 1 unspecified atom stereocenters. The summed E-state index contributed by atoms with van der Waals surface area (Å²) in [6, 6.07) is 5.47. The molecule has 204 valence electrons. The van der Waals surface area contributed by atoms with Crippen LogP contribution in [0.15, 0.2) is 27.2 Å². The van der Waals surface area contributed by atoms with Crippen molar-refractivity contribution in [3.05, 3.63) is 35.8 Å². The van der Waals surface area contributed by atoms with Gasteiger partial charge in [0, 0.05) is 57.0 Å². The minimum atomic E-state index is 0.155. The molecular weight excluding hydrogens is 490 g/mol. The number of hydrogen-bond donors (Lipinski definition) is 0. The fourth-order valence-corrected chi connectivity index (χ4v) is 5.18. The van der Waals surface area contributed by atoms with E-state index >= 15 is 0 Å². The molecule has 1 atom stereocenters. The molecule has 2 saturated heterocycles. The molecule has 1 amide bonds. The normalized spacial score (nSPS) is 18.5. The highest BCUT2D eigenvalue weighted by molar-refractivity contribution is 5.76. The zero-order valence-corrected chi connectivity index (χ0v) is 22.1. The van der Waals surface area contributed by atoms with Crippen LogP contribution in [0.25, 0.3) is 11.4 Å². The van der Waals surface area contributed by atoms with Crippen LogP contribution in [-0.4, -0.2) is 71.6 Å². The molecule has 2 aromatic heterocycles. The molecule has 2 aliphatic heterocycles. The number of likely N-dealkylation sites (tertiary alicyclic amines) is 1. The van der Waals surface area contributed by atoms with Gasteiger partial charge in [-0.1, -0.05) is 10.3 Å². The van der Waals surface area contributed by atoms with Gasteiger partial charge < -0.3 is 28.2 Å². The molecule has 0 aliphatic carbocycles. The number of hydrogen-bond acceptors (Lipinski definition) is 10. The smallest absolute Gasteiger partial charge is 0.226 e. The Labute approximate surface area is 221 Å². The zero-order chi connectivity index (χ0) is 26.3. The molecule has 1 aromatic carbocycles. The number of aryl methyl sites for hydroxylation is 1. The number of nitrogens with zero attached hydrogens (tertiary/aromatic N) is 5. The molecule has 2 aliphatic rings. The Morgan fingerprint density at radius 1 is 1.03 bits per heavy atom. The monoisotopic (exact) mass is 525 g/mol. The summed E-state index contributed by atoms with van der Waals surface area (Å²) in [6.45, 7) is 3.01. The first-order chi connectivity index (χ1) is 18.6. The van der Waals surface area contributed by atoms with E-state index in [1.54, 1.807) is 20.3 Å². The van der Waals surface area contributed by atoms with Gasteiger partial charge in [-0.25, -0.2) is 0 Å². The summed E-state index contributed by atoms with van der Waals surface area (Å²) in [6.07, 6.45) is 6.25. The number of methoxy groups -OCH3 is 2. The third kappa shape index (κ3) is 6.32. The minimum absolute atomic E-state index is 0.155. The van der Waals surface area contributed by atoms with E-state index < -0.39 is 0 Å². The summed E-state index contributed by atoms with van der Waals surface area (Å²) < 4.78 is 27.0. The van der Waals surface area contributed by atoms with Gasteiger partial charge >= 0.3 is 0 Å². The Kier molecular flexibility index (Phi) is 8.52. The number of carbonyl (C=O) groups excluding carboxylic acids is 1. The predicted molar refractivity (Wildman–Crippen MR) is 136 cm³/mol. The Morgan fingerprint density at radius 2 is 1.84 bits per heavy atom. The molecule has 0 radical (unpaired) electrons. The lowest BCUT2D eigenvalue weighted by molar-refractivity contribution is -0.133. The fraction of sp³-hybridized carbons (Fsp3) is 0.593. The van der Waals surface area contributed by atoms with Crippen molar-refractivity contribution in [2.24, 2.45) is 5.92 Å². The number of carbonyl (C=O) groups is 1. The Balaban J connectivity index is 1.08. The molecule has 4 heterocycles. The summed E-state index contributed by atoms with van der Waals surface area (Å²) in [5.41, 5.74) is 0.772. The molecular formula is C27H35N5O6. The average molecular weight is 526 g/mol. The van der Waals surface area contributed by atoms with E-state index in [9.17, 15) is 4.79 Å². The van der Waals surface area contributed by atoms with Crippen LogP contribution in [0, 0.1) is 5.92 Å². The van der Waals surface area contributed by atoms with Gasteiger partial charge in [0.2, 0.25) is 23.5 Å². The fourth-order valence-electron chi connectivity index (χ4n) is 5.18. The topological polar surface area (TPSA) is 126 Å². The van der Waals surface area contributed by atoms with Gasteiger partial charge in [-0.15, -0.1) is 0 Å². The molecule has 11 heteroatoms. The van der Waals surface area contributed by atoms with E-state index in [-0.39, 0.29) is 5.91 Å². The average Bonchev–Trinajstić information content (AvgIpc) is 3.63. The quantitative estimate of drug-likeness (QED) is 0.385. The van der Waals surface area contributed by atoms with Crippen LogP contribution in [0.3, 0.4) is 0 Å². The van der Waals surface area contributed by atoms with Crippen LogP contribution in [0.1, 0.15) is 62.0 Å². The first-order valence-electron chi connectivity index (χ1n) is 13.4. The van der Waals surface area contributed by atoms with Crippen LogP contribution in [0.2, 0.25) is 0 Å². The van der Waals surface area contributed by atoms with Crippen LogP contribution in [0.5, 0.6) is 11.5 Å². The van der Waals surface area contributed by atoms with E-state index in [1.807, 2.05) is 17.0 Å². The van der Waals surface area contributed by atoms with Crippen LogP contribution >= 0.6 is 0 Å². The van der Waals surface area contributed by atoms with Crippen molar-refractivity contribution < 1.29 is 28.1 Å². The largest absolute Gasteiger partial charge is 0.493 e. The van der Waals surface area contributed by atoms with Crippen molar-refractivity contribution >= 4 is 5.91 Å². The highest BCUT2D eigenvalue weighted by Gasteiger charge is 2.27. The van der Waals surface area contributed by atoms with Gasteiger partial charge in [0.15, 0.2) is 17.3 Å². The Hall–Kier alpha value is -3.47. The third-order valence-corrected chi connectivity index (χ3v) is 7.30. The van der Waals surface area contributed by atoms with Crippen molar-refractivity contribution in [2.75, 3.05) is 40.5 Å². The maximum absolute atomic E-state index is 12.9. The van der Waals surface area contributed by atoms with E-state index in [2.05, 4.69) is 20.3 Å².